The van der Waals surface area contributed by atoms with Gasteiger partial charge in [-0.25, -0.2) is 9.78 Å². The maximum Gasteiger partial charge on any atom is 0.324 e. The van der Waals surface area contributed by atoms with Crippen LogP contribution in [0.3, 0.4) is 0 Å². The normalized spacial score (nSPS) is 11.2. The van der Waals surface area contributed by atoms with Crippen LogP contribution in [0.2, 0.25) is 0 Å². The highest BCUT2D eigenvalue weighted by molar-refractivity contribution is 6.00. The maximum atomic E-state index is 12.6. The lowest BCUT2D eigenvalue weighted by molar-refractivity contribution is -0.129. The van der Waals surface area contributed by atoms with Gasteiger partial charge in [0, 0.05) is 24.5 Å². The molecular formula is C21H24N6O3. The van der Waals surface area contributed by atoms with E-state index in [1.807, 2.05) is 13.8 Å². The zero-order valence-corrected chi connectivity index (χ0v) is 17.0. The first-order chi connectivity index (χ1) is 14.3. The van der Waals surface area contributed by atoms with Gasteiger partial charge in [0.2, 0.25) is 0 Å². The summed E-state index contributed by atoms with van der Waals surface area (Å²) in [4.78, 5) is 41.8. The molecule has 3 N–H and O–H groups in total. The number of nitrogens with zero attached hydrogens (tertiary/aromatic N) is 3. The molecular weight excluding hydrogens is 384 g/mol. The highest BCUT2D eigenvalue weighted by Crippen LogP contribution is 2.13. The second-order valence-corrected chi connectivity index (χ2v) is 7.02. The molecule has 9 nitrogen and oxygen atoms in total. The molecule has 0 saturated carbocycles. The molecule has 1 aromatic heterocycles. The van der Waals surface area contributed by atoms with Crippen molar-refractivity contribution in [3.8, 4) is 6.19 Å². The number of carbonyl (C=O) groups is 3. The fourth-order valence-electron chi connectivity index (χ4n) is 2.64. The van der Waals surface area contributed by atoms with Crippen molar-refractivity contribution in [3.05, 3.63) is 54.2 Å². The van der Waals surface area contributed by atoms with Gasteiger partial charge in [0.1, 0.15) is 11.9 Å². The lowest BCUT2D eigenvalue weighted by Gasteiger charge is -2.21. The number of benzene rings is 1. The molecule has 0 bridgehead atoms. The van der Waals surface area contributed by atoms with Gasteiger partial charge < -0.3 is 10.6 Å². The van der Waals surface area contributed by atoms with Crippen LogP contribution in [0.15, 0.2) is 48.7 Å². The number of likely N-dealkylation sites (N-methyl/N-ethyl adjacent to an activating group) is 1. The molecule has 0 aliphatic heterocycles. The Balaban J connectivity index is 2.00. The Hall–Kier alpha value is -3.93. The second kappa shape index (κ2) is 10.6. The van der Waals surface area contributed by atoms with Gasteiger partial charge in [0.15, 0.2) is 6.19 Å². The van der Waals surface area contributed by atoms with Crippen LogP contribution in [0.1, 0.15) is 30.6 Å². The van der Waals surface area contributed by atoms with Gasteiger partial charge in [-0.05, 0) is 48.7 Å². The molecule has 4 amide bonds. The number of urea groups is 1. The number of aromatic nitrogens is 1. The second-order valence-electron chi connectivity index (χ2n) is 7.02. The average Bonchev–Trinajstić information content (AvgIpc) is 2.72. The molecule has 1 heterocycles. The van der Waals surface area contributed by atoms with Gasteiger partial charge in [-0.3, -0.25) is 19.8 Å². The molecule has 9 heteroatoms. The van der Waals surface area contributed by atoms with E-state index in [-0.39, 0.29) is 5.92 Å². The summed E-state index contributed by atoms with van der Waals surface area (Å²) in [5.41, 5.74) is 0.811. The van der Waals surface area contributed by atoms with Crippen molar-refractivity contribution in [2.24, 2.45) is 5.92 Å². The fraction of sp³-hybridized carbons (Fsp3) is 0.286. The summed E-state index contributed by atoms with van der Waals surface area (Å²) < 4.78 is 0. The predicted octanol–water partition coefficient (Wildman–Crippen LogP) is 2.81. The molecule has 0 aliphatic carbocycles. The third-order valence-electron chi connectivity index (χ3n) is 4.10. The van der Waals surface area contributed by atoms with Crippen LogP contribution in [0.4, 0.5) is 16.3 Å². The first kappa shape index (κ1) is 22.4. The average molecular weight is 408 g/mol. The van der Waals surface area contributed by atoms with Crippen LogP contribution in [-0.2, 0) is 4.79 Å². The third-order valence-corrected chi connectivity index (χ3v) is 4.10. The molecule has 1 atom stereocenters. The molecule has 0 fully saturated rings. The smallest absolute Gasteiger partial charge is 0.324 e. The minimum atomic E-state index is -0.802. The number of hydrogen-bond acceptors (Lipinski definition) is 5. The molecule has 0 saturated heterocycles. The van der Waals surface area contributed by atoms with E-state index in [0.717, 1.165) is 4.90 Å². The van der Waals surface area contributed by atoms with E-state index in [0.29, 0.717) is 23.5 Å². The molecule has 0 radical (unpaired) electrons. The van der Waals surface area contributed by atoms with Crippen LogP contribution in [0.5, 0.6) is 0 Å². The van der Waals surface area contributed by atoms with E-state index >= 15 is 0 Å². The van der Waals surface area contributed by atoms with E-state index in [2.05, 4.69) is 20.9 Å². The summed E-state index contributed by atoms with van der Waals surface area (Å²) in [6.07, 6.45) is 3.73. The van der Waals surface area contributed by atoms with Crippen molar-refractivity contribution in [1.29, 1.82) is 5.26 Å². The van der Waals surface area contributed by atoms with Gasteiger partial charge in [0.05, 0.1) is 0 Å². The lowest BCUT2D eigenvalue weighted by Crippen LogP contribution is -2.46. The Morgan fingerprint density at radius 3 is 2.37 bits per heavy atom. The summed E-state index contributed by atoms with van der Waals surface area (Å²) in [5, 5.41) is 16.9. The molecule has 0 aliphatic rings. The standard InChI is InChI=1S/C21H24N6O3/c1-14(2)12-17(20(29)27(3)13-22)25-19(28)15-7-9-16(10-8-15)24-21(30)26-18-6-4-5-11-23-18/h4-11,14,17H,12H2,1-3H3,(H,25,28)(H2,23,24,26,30). The number of anilines is 2. The molecule has 2 aromatic rings. The Labute approximate surface area is 175 Å². The summed E-state index contributed by atoms with van der Waals surface area (Å²) >= 11 is 0. The largest absolute Gasteiger partial charge is 0.340 e. The number of nitriles is 1. The minimum Gasteiger partial charge on any atom is -0.340 e. The van der Waals surface area contributed by atoms with Crippen LogP contribution < -0.4 is 16.0 Å². The minimum absolute atomic E-state index is 0.149. The highest BCUT2D eigenvalue weighted by Gasteiger charge is 2.25. The van der Waals surface area contributed by atoms with E-state index in [9.17, 15) is 14.4 Å². The zero-order valence-electron chi connectivity index (χ0n) is 17.0. The lowest BCUT2D eigenvalue weighted by atomic mass is 10.0. The van der Waals surface area contributed by atoms with Gasteiger partial charge >= 0.3 is 6.03 Å². The van der Waals surface area contributed by atoms with Crippen LogP contribution in [-0.4, -0.2) is 40.8 Å². The van der Waals surface area contributed by atoms with E-state index in [4.69, 9.17) is 5.26 Å². The van der Waals surface area contributed by atoms with Crippen molar-refractivity contribution in [2.45, 2.75) is 26.3 Å². The first-order valence-electron chi connectivity index (χ1n) is 9.37. The molecule has 156 valence electrons. The van der Waals surface area contributed by atoms with E-state index in [1.165, 1.54) is 19.2 Å². The summed E-state index contributed by atoms with van der Waals surface area (Å²) in [5.74, 6) is -0.349. The van der Waals surface area contributed by atoms with Gasteiger partial charge in [-0.15, -0.1) is 0 Å². The SMILES string of the molecule is CC(C)CC(NC(=O)c1ccc(NC(=O)Nc2ccccn2)cc1)C(=O)N(C)C#N. The Kier molecular flexibility index (Phi) is 7.88. The van der Waals surface area contributed by atoms with E-state index in [1.54, 1.807) is 42.7 Å². The Bertz CT molecular complexity index is 922. The third kappa shape index (κ3) is 6.60. The number of nitrogens with one attached hydrogen (secondary N) is 3. The van der Waals surface area contributed by atoms with Gasteiger partial charge in [-0.1, -0.05) is 19.9 Å². The zero-order chi connectivity index (χ0) is 22.1. The number of hydrogen-bond donors (Lipinski definition) is 3. The van der Waals surface area contributed by atoms with Crippen LogP contribution in [0, 0.1) is 17.4 Å². The Morgan fingerprint density at radius 1 is 1.10 bits per heavy atom. The van der Waals surface area contributed by atoms with Crippen LogP contribution >= 0.6 is 0 Å². The van der Waals surface area contributed by atoms with Crippen molar-refractivity contribution in [1.82, 2.24) is 15.2 Å². The maximum absolute atomic E-state index is 12.6. The monoisotopic (exact) mass is 408 g/mol. The van der Waals surface area contributed by atoms with Crippen molar-refractivity contribution in [3.63, 3.8) is 0 Å². The van der Waals surface area contributed by atoms with Gasteiger partial charge in [-0.2, -0.15) is 5.26 Å². The van der Waals surface area contributed by atoms with Gasteiger partial charge in [0.25, 0.3) is 11.8 Å². The quantitative estimate of drug-likeness (QED) is 0.479. The van der Waals surface area contributed by atoms with Crippen molar-refractivity contribution in [2.75, 3.05) is 17.7 Å². The topological polar surface area (TPSA) is 127 Å². The number of pyridine rings is 1. The number of carbonyl (C=O) groups excluding carboxylic acids is 3. The molecule has 30 heavy (non-hydrogen) atoms. The number of rotatable bonds is 7. The van der Waals surface area contributed by atoms with Crippen molar-refractivity contribution >= 4 is 29.4 Å². The number of amides is 4. The fourth-order valence-corrected chi connectivity index (χ4v) is 2.64. The summed E-state index contributed by atoms with van der Waals surface area (Å²) in [6.45, 7) is 3.85. The highest BCUT2D eigenvalue weighted by atomic mass is 16.2. The summed E-state index contributed by atoms with van der Waals surface area (Å²) in [7, 11) is 1.36. The van der Waals surface area contributed by atoms with Crippen LogP contribution in [0.25, 0.3) is 0 Å². The molecule has 2 rings (SSSR count). The molecule has 1 aromatic carbocycles. The first-order valence-corrected chi connectivity index (χ1v) is 9.37. The predicted molar refractivity (Wildman–Crippen MR) is 112 cm³/mol. The molecule has 0 spiro atoms. The van der Waals surface area contributed by atoms with Crippen molar-refractivity contribution < 1.29 is 14.4 Å². The van der Waals surface area contributed by atoms with E-state index < -0.39 is 23.9 Å². The Morgan fingerprint density at radius 2 is 1.80 bits per heavy atom. The molecule has 1 unspecified atom stereocenters. The summed E-state index contributed by atoms with van der Waals surface area (Å²) in [6, 6.07) is 10.1.